The lowest BCUT2D eigenvalue weighted by Crippen LogP contribution is -2.26. The summed E-state index contributed by atoms with van der Waals surface area (Å²) in [7, 11) is 0. The zero-order chi connectivity index (χ0) is 15.8. The number of rotatable bonds is 9. The summed E-state index contributed by atoms with van der Waals surface area (Å²) >= 11 is 5.15. The molecule has 1 aromatic carbocycles. The number of aryl methyl sites for hydroxylation is 1. The van der Waals surface area contributed by atoms with Crippen LogP contribution in [0.3, 0.4) is 0 Å². The van der Waals surface area contributed by atoms with Crippen LogP contribution in [0.1, 0.15) is 44.7 Å². The van der Waals surface area contributed by atoms with E-state index in [1.54, 1.807) is 0 Å². The Hall–Kier alpha value is -1.13. The van der Waals surface area contributed by atoms with E-state index in [2.05, 4.69) is 44.0 Å². The number of para-hydroxylation sites is 1. The third-order valence-corrected chi connectivity index (χ3v) is 4.15. The van der Waals surface area contributed by atoms with Gasteiger partial charge in [-0.15, -0.1) is 0 Å². The number of anilines is 1. The highest BCUT2D eigenvalue weighted by molar-refractivity contribution is 7.80. The van der Waals surface area contributed by atoms with Crippen molar-refractivity contribution in [1.29, 1.82) is 0 Å². The van der Waals surface area contributed by atoms with Crippen LogP contribution in [-0.4, -0.2) is 35.6 Å². The highest BCUT2D eigenvalue weighted by Crippen LogP contribution is 2.22. The second kappa shape index (κ2) is 9.00. The summed E-state index contributed by atoms with van der Waals surface area (Å²) in [6.07, 6.45) is 2.34. The standard InChI is InChI=1S/C17H29N3S/c1-5-20(6-2)12-8-10-14(4)19-16-13(3)9-7-11-15(16)17(18)21/h7,9,11,14,19H,5-6,8,10,12H2,1-4H3,(H2,18,21). The molecule has 1 rings (SSSR count). The molecule has 0 aliphatic carbocycles. The summed E-state index contributed by atoms with van der Waals surface area (Å²) in [4.78, 5) is 2.91. The molecule has 0 fully saturated rings. The minimum Gasteiger partial charge on any atom is -0.389 e. The van der Waals surface area contributed by atoms with Gasteiger partial charge >= 0.3 is 0 Å². The van der Waals surface area contributed by atoms with Crippen molar-refractivity contribution in [2.45, 2.75) is 46.6 Å². The summed E-state index contributed by atoms with van der Waals surface area (Å²) in [6.45, 7) is 12.2. The largest absolute Gasteiger partial charge is 0.389 e. The van der Waals surface area contributed by atoms with Gasteiger partial charge in [0, 0.05) is 17.3 Å². The van der Waals surface area contributed by atoms with Gasteiger partial charge in [-0.05, 0) is 58.0 Å². The summed E-state index contributed by atoms with van der Waals surface area (Å²) < 4.78 is 0. The maximum absolute atomic E-state index is 5.82. The zero-order valence-corrected chi connectivity index (χ0v) is 14.6. The average Bonchev–Trinajstić information content (AvgIpc) is 2.45. The van der Waals surface area contributed by atoms with E-state index in [4.69, 9.17) is 18.0 Å². The number of nitrogens with two attached hydrogens (primary N) is 1. The second-order valence-electron chi connectivity index (χ2n) is 5.58. The summed E-state index contributed by atoms with van der Waals surface area (Å²) in [5.74, 6) is 0. The van der Waals surface area contributed by atoms with E-state index in [9.17, 15) is 0 Å². The molecule has 4 heteroatoms. The molecular weight excluding hydrogens is 278 g/mol. The van der Waals surface area contributed by atoms with E-state index >= 15 is 0 Å². The van der Waals surface area contributed by atoms with Crippen molar-refractivity contribution in [2.75, 3.05) is 25.0 Å². The lowest BCUT2D eigenvalue weighted by atomic mass is 10.1. The van der Waals surface area contributed by atoms with Crippen LogP contribution < -0.4 is 11.1 Å². The number of nitrogens with zero attached hydrogens (tertiary/aromatic N) is 1. The van der Waals surface area contributed by atoms with Crippen LogP contribution in [0, 0.1) is 6.92 Å². The van der Waals surface area contributed by atoms with Crippen molar-refractivity contribution >= 4 is 22.9 Å². The van der Waals surface area contributed by atoms with Crippen LogP contribution in [0.15, 0.2) is 18.2 Å². The molecule has 0 aromatic heterocycles. The Morgan fingerprint density at radius 1 is 1.33 bits per heavy atom. The molecule has 0 saturated carbocycles. The molecule has 0 aliphatic heterocycles. The van der Waals surface area contributed by atoms with Gasteiger partial charge in [0.05, 0.1) is 0 Å². The van der Waals surface area contributed by atoms with E-state index in [0.29, 0.717) is 11.0 Å². The van der Waals surface area contributed by atoms with Crippen LogP contribution in [0.2, 0.25) is 0 Å². The number of benzene rings is 1. The van der Waals surface area contributed by atoms with Crippen LogP contribution in [0.5, 0.6) is 0 Å². The van der Waals surface area contributed by atoms with Crippen LogP contribution in [0.25, 0.3) is 0 Å². The van der Waals surface area contributed by atoms with Gasteiger partial charge in [-0.1, -0.05) is 38.2 Å². The minimum absolute atomic E-state index is 0.412. The molecule has 0 heterocycles. The molecule has 3 N–H and O–H groups in total. The molecular formula is C17H29N3S. The average molecular weight is 308 g/mol. The van der Waals surface area contributed by atoms with Crippen molar-refractivity contribution in [2.24, 2.45) is 5.73 Å². The van der Waals surface area contributed by atoms with Crippen molar-refractivity contribution < 1.29 is 0 Å². The fraction of sp³-hybridized carbons (Fsp3) is 0.588. The lowest BCUT2D eigenvalue weighted by molar-refractivity contribution is 0.295. The monoisotopic (exact) mass is 307 g/mol. The molecule has 3 nitrogen and oxygen atoms in total. The smallest absolute Gasteiger partial charge is 0.106 e. The first-order chi connectivity index (χ1) is 9.99. The van der Waals surface area contributed by atoms with Gasteiger partial charge < -0.3 is 16.0 Å². The van der Waals surface area contributed by atoms with Gasteiger partial charge in [0.1, 0.15) is 4.99 Å². The Kier molecular flexibility index (Phi) is 7.68. The SMILES string of the molecule is CCN(CC)CCCC(C)Nc1c(C)cccc1C(N)=S. The highest BCUT2D eigenvalue weighted by Gasteiger charge is 2.11. The Bertz CT molecular complexity index is 455. The molecule has 0 spiro atoms. The first-order valence-electron chi connectivity index (χ1n) is 7.87. The van der Waals surface area contributed by atoms with Gasteiger partial charge in [0.2, 0.25) is 0 Å². The number of hydrogen-bond acceptors (Lipinski definition) is 3. The van der Waals surface area contributed by atoms with Crippen LogP contribution >= 0.6 is 12.2 Å². The summed E-state index contributed by atoms with van der Waals surface area (Å²) in [5.41, 5.74) is 9.04. The molecule has 0 saturated heterocycles. The normalized spacial score (nSPS) is 12.4. The maximum Gasteiger partial charge on any atom is 0.106 e. The molecule has 0 amide bonds. The molecule has 21 heavy (non-hydrogen) atoms. The molecule has 1 atom stereocenters. The minimum atomic E-state index is 0.412. The number of nitrogens with one attached hydrogen (secondary N) is 1. The van der Waals surface area contributed by atoms with Crippen molar-refractivity contribution in [3.8, 4) is 0 Å². The van der Waals surface area contributed by atoms with E-state index in [-0.39, 0.29) is 0 Å². The van der Waals surface area contributed by atoms with Crippen LogP contribution in [0.4, 0.5) is 5.69 Å². The molecule has 0 aliphatic rings. The molecule has 0 bridgehead atoms. The first-order valence-corrected chi connectivity index (χ1v) is 8.28. The Morgan fingerprint density at radius 2 is 2.00 bits per heavy atom. The Balaban J connectivity index is 2.59. The number of hydrogen-bond donors (Lipinski definition) is 2. The van der Waals surface area contributed by atoms with Gasteiger partial charge in [0.15, 0.2) is 0 Å². The summed E-state index contributed by atoms with van der Waals surface area (Å²) in [6, 6.07) is 6.49. The molecule has 118 valence electrons. The Morgan fingerprint density at radius 3 is 2.57 bits per heavy atom. The van der Waals surface area contributed by atoms with Crippen molar-refractivity contribution in [1.82, 2.24) is 4.90 Å². The fourth-order valence-electron chi connectivity index (χ4n) is 2.54. The predicted octanol–water partition coefficient (Wildman–Crippen LogP) is 3.55. The van der Waals surface area contributed by atoms with E-state index in [1.165, 1.54) is 12.0 Å². The topological polar surface area (TPSA) is 41.3 Å². The maximum atomic E-state index is 5.82. The predicted molar refractivity (Wildman–Crippen MR) is 97.2 cm³/mol. The van der Waals surface area contributed by atoms with E-state index in [1.807, 2.05) is 12.1 Å². The van der Waals surface area contributed by atoms with Crippen LogP contribution in [-0.2, 0) is 0 Å². The third kappa shape index (κ3) is 5.64. The summed E-state index contributed by atoms with van der Waals surface area (Å²) in [5, 5.41) is 3.58. The lowest BCUT2D eigenvalue weighted by Gasteiger charge is -2.22. The van der Waals surface area contributed by atoms with Crippen molar-refractivity contribution in [3.05, 3.63) is 29.3 Å². The van der Waals surface area contributed by atoms with E-state index < -0.39 is 0 Å². The Labute approximate surface area is 134 Å². The zero-order valence-electron chi connectivity index (χ0n) is 13.8. The highest BCUT2D eigenvalue weighted by atomic mass is 32.1. The van der Waals surface area contributed by atoms with E-state index in [0.717, 1.165) is 37.3 Å². The van der Waals surface area contributed by atoms with Gasteiger partial charge in [-0.3, -0.25) is 0 Å². The second-order valence-corrected chi connectivity index (χ2v) is 6.02. The molecule has 0 radical (unpaired) electrons. The molecule has 1 aromatic rings. The first kappa shape index (κ1) is 17.9. The van der Waals surface area contributed by atoms with Gasteiger partial charge in [0.25, 0.3) is 0 Å². The van der Waals surface area contributed by atoms with Gasteiger partial charge in [-0.2, -0.15) is 0 Å². The number of thiocarbonyl (C=S) groups is 1. The van der Waals surface area contributed by atoms with Crippen molar-refractivity contribution in [3.63, 3.8) is 0 Å². The van der Waals surface area contributed by atoms with Gasteiger partial charge in [-0.25, -0.2) is 0 Å². The quantitative estimate of drug-likeness (QED) is 0.685. The third-order valence-electron chi connectivity index (χ3n) is 3.93. The fourth-order valence-corrected chi connectivity index (χ4v) is 2.71. The molecule has 1 unspecified atom stereocenters.